The third kappa shape index (κ3) is 3.59. The van der Waals surface area contributed by atoms with E-state index in [2.05, 4.69) is 11.6 Å². The first-order valence-electron chi connectivity index (χ1n) is 6.90. The fourth-order valence-corrected chi connectivity index (χ4v) is 4.90. The van der Waals surface area contributed by atoms with Crippen LogP contribution in [0.3, 0.4) is 0 Å². The van der Waals surface area contributed by atoms with Crippen molar-refractivity contribution in [3.63, 3.8) is 0 Å². The molecule has 2 aliphatic rings. The average Bonchev–Trinajstić information content (AvgIpc) is 2.32. The first-order chi connectivity index (χ1) is 8.49. The van der Waals surface area contributed by atoms with Crippen LogP contribution in [0.25, 0.3) is 0 Å². The van der Waals surface area contributed by atoms with Gasteiger partial charge in [-0.3, -0.25) is 0 Å². The molecule has 0 bridgehead atoms. The molecule has 0 radical (unpaired) electrons. The van der Waals surface area contributed by atoms with E-state index >= 15 is 0 Å². The minimum Gasteiger partial charge on any atom is -0.198 e. The second-order valence-electron chi connectivity index (χ2n) is 5.64. The van der Waals surface area contributed by atoms with Gasteiger partial charge in [-0.15, -0.1) is 11.6 Å². The molecule has 1 saturated heterocycles. The minimum atomic E-state index is -3.35. The van der Waals surface area contributed by atoms with Crippen LogP contribution in [0.4, 0.5) is 0 Å². The number of piperidine rings is 1. The van der Waals surface area contributed by atoms with E-state index in [0.29, 0.717) is 19.0 Å². The summed E-state index contributed by atoms with van der Waals surface area (Å²) in [6, 6.07) is -0.0948. The van der Waals surface area contributed by atoms with Crippen molar-refractivity contribution in [1.29, 1.82) is 0 Å². The quantitative estimate of drug-likeness (QED) is 0.811. The van der Waals surface area contributed by atoms with Crippen molar-refractivity contribution in [3.05, 3.63) is 0 Å². The Kier molecular flexibility index (Phi) is 4.92. The summed E-state index contributed by atoms with van der Waals surface area (Å²) in [5.74, 6) is 0.452. The molecule has 106 valence electrons. The van der Waals surface area contributed by atoms with E-state index in [-0.39, 0.29) is 11.4 Å². The van der Waals surface area contributed by atoms with Gasteiger partial charge in [-0.25, -0.2) is 0 Å². The first kappa shape index (κ1) is 14.6. The van der Waals surface area contributed by atoms with Gasteiger partial charge in [0.05, 0.1) is 0 Å². The predicted molar refractivity (Wildman–Crippen MR) is 73.9 cm³/mol. The van der Waals surface area contributed by atoms with Crippen molar-refractivity contribution in [2.24, 2.45) is 5.92 Å². The van der Waals surface area contributed by atoms with Gasteiger partial charge in [0.1, 0.15) is 0 Å². The Labute approximate surface area is 115 Å². The van der Waals surface area contributed by atoms with Crippen LogP contribution in [0.5, 0.6) is 0 Å². The molecule has 1 heterocycles. The molecule has 0 aromatic carbocycles. The highest BCUT2D eigenvalue weighted by Crippen LogP contribution is 2.25. The fourth-order valence-electron chi connectivity index (χ4n) is 2.85. The molecule has 0 aromatic heterocycles. The molecule has 2 rings (SSSR count). The normalized spacial score (nSPS) is 35.6. The second kappa shape index (κ2) is 6.07. The van der Waals surface area contributed by atoms with Crippen LogP contribution in [0.15, 0.2) is 0 Å². The van der Waals surface area contributed by atoms with Gasteiger partial charge in [0.15, 0.2) is 0 Å². The summed E-state index contributed by atoms with van der Waals surface area (Å²) in [6.07, 6.45) is 6.01. The number of nitrogens with one attached hydrogen (secondary N) is 1. The number of hydrogen-bond acceptors (Lipinski definition) is 2. The number of rotatable bonds is 3. The Morgan fingerprint density at radius 3 is 2.56 bits per heavy atom. The number of halogens is 1. The van der Waals surface area contributed by atoms with Crippen molar-refractivity contribution in [2.75, 3.05) is 13.1 Å². The van der Waals surface area contributed by atoms with Gasteiger partial charge >= 0.3 is 0 Å². The molecule has 1 aliphatic carbocycles. The van der Waals surface area contributed by atoms with E-state index in [1.165, 1.54) is 0 Å². The molecular formula is C12H23ClN2O2S. The molecule has 3 unspecified atom stereocenters. The van der Waals surface area contributed by atoms with E-state index in [9.17, 15) is 8.42 Å². The van der Waals surface area contributed by atoms with Crippen LogP contribution >= 0.6 is 11.6 Å². The smallest absolute Gasteiger partial charge is 0.198 e. The van der Waals surface area contributed by atoms with Crippen LogP contribution in [0, 0.1) is 5.92 Å². The Balaban J connectivity index is 1.97. The zero-order chi connectivity index (χ0) is 13.2. The SMILES string of the molecule is CC1CCCN(S(=O)(=O)NC2CCCCC2Cl)C1. The molecule has 0 aromatic rings. The summed E-state index contributed by atoms with van der Waals surface area (Å²) < 4.78 is 29.0. The maximum Gasteiger partial charge on any atom is 0.279 e. The van der Waals surface area contributed by atoms with Crippen LogP contribution in [0.2, 0.25) is 0 Å². The summed E-state index contributed by atoms with van der Waals surface area (Å²) in [6.45, 7) is 3.38. The Hall–Kier alpha value is 0.160. The largest absolute Gasteiger partial charge is 0.279 e. The maximum absolute atomic E-state index is 12.3. The third-order valence-corrected chi connectivity index (χ3v) is 6.08. The Morgan fingerprint density at radius 1 is 1.17 bits per heavy atom. The highest BCUT2D eigenvalue weighted by atomic mass is 35.5. The summed E-state index contributed by atoms with van der Waals surface area (Å²) in [4.78, 5) is 0. The summed E-state index contributed by atoms with van der Waals surface area (Å²) in [5, 5.41) is -0.0595. The van der Waals surface area contributed by atoms with E-state index in [1.807, 2.05) is 0 Å². The van der Waals surface area contributed by atoms with Crippen molar-refractivity contribution in [3.8, 4) is 0 Å². The molecule has 0 amide bonds. The van der Waals surface area contributed by atoms with Gasteiger partial charge in [0, 0.05) is 24.5 Å². The highest BCUT2D eigenvalue weighted by molar-refractivity contribution is 7.87. The zero-order valence-corrected chi connectivity index (χ0v) is 12.5. The summed E-state index contributed by atoms with van der Waals surface area (Å²) in [5.41, 5.74) is 0. The third-order valence-electron chi connectivity index (χ3n) is 3.94. The molecular weight excluding hydrogens is 272 g/mol. The molecule has 3 atom stereocenters. The van der Waals surface area contributed by atoms with Crippen LogP contribution < -0.4 is 4.72 Å². The lowest BCUT2D eigenvalue weighted by molar-refractivity contribution is 0.274. The van der Waals surface area contributed by atoms with Gasteiger partial charge in [-0.2, -0.15) is 17.4 Å². The zero-order valence-electron chi connectivity index (χ0n) is 10.9. The molecule has 6 heteroatoms. The van der Waals surface area contributed by atoms with Gasteiger partial charge in [-0.1, -0.05) is 19.8 Å². The van der Waals surface area contributed by atoms with E-state index < -0.39 is 10.2 Å². The monoisotopic (exact) mass is 294 g/mol. The lowest BCUT2D eigenvalue weighted by Gasteiger charge is -2.34. The topological polar surface area (TPSA) is 49.4 Å². The van der Waals surface area contributed by atoms with Crippen molar-refractivity contribution < 1.29 is 8.42 Å². The lowest BCUT2D eigenvalue weighted by atomic mass is 9.96. The second-order valence-corrected chi connectivity index (χ2v) is 7.90. The predicted octanol–water partition coefficient (Wildman–Crippen LogP) is 2.10. The van der Waals surface area contributed by atoms with Gasteiger partial charge in [0.25, 0.3) is 10.2 Å². The Morgan fingerprint density at radius 2 is 1.89 bits per heavy atom. The lowest BCUT2D eigenvalue weighted by Crippen LogP contribution is -2.51. The molecule has 2 fully saturated rings. The van der Waals surface area contributed by atoms with Crippen molar-refractivity contribution >= 4 is 21.8 Å². The van der Waals surface area contributed by atoms with Crippen LogP contribution in [0.1, 0.15) is 45.4 Å². The fraction of sp³-hybridized carbons (Fsp3) is 1.00. The molecule has 1 aliphatic heterocycles. The minimum absolute atomic E-state index is 0.0595. The molecule has 18 heavy (non-hydrogen) atoms. The van der Waals surface area contributed by atoms with Crippen molar-refractivity contribution in [1.82, 2.24) is 9.03 Å². The number of alkyl halides is 1. The standard InChI is InChI=1S/C12H23ClN2O2S/c1-10-5-4-8-15(9-10)18(16,17)14-12-7-3-2-6-11(12)13/h10-12,14H,2-9H2,1H3. The van der Waals surface area contributed by atoms with Gasteiger partial charge < -0.3 is 0 Å². The summed E-state index contributed by atoms with van der Waals surface area (Å²) >= 11 is 6.21. The number of hydrogen-bond donors (Lipinski definition) is 1. The van der Waals surface area contributed by atoms with Crippen LogP contribution in [-0.4, -0.2) is 37.2 Å². The van der Waals surface area contributed by atoms with Crippen LogP contribution in [-0.2, 0) is 10.2 Å². The first-order valence-corrected chi connectivity index (χ1v) is 8.78. The molecule has 1 N–H and O–H groups in total. The van der Waals surface area contributed by atoms with Crippen molar-refractivity contribution in [2.45, 2.75) is 56.9 Å². The van der Waals surface area contributed by atoms with E-state index in [0.717, 1.165) is 38.5 Å². The summed E-state index contributed by atoms with van der Waals surface area (Å²) in [7, 11) is -3.35. The highest BCUT2D eigenvalue weighted by Gasteiger charge is 2.32. The molecule has 1 saturated carbocycles. The maximum atomic E-state index is 12.3. The average molecular weight is 295 g/mol. The van der Waals surface area contributed by atoms with E-state index in [1.54, 1.807) is 4.31 Å². The van der Waals surface area contributed by atoms with Gasteiger partial charge in [0.2, 0.25) is 0 Å². The Bertz CT molecular complexity index is 374. The molecule has 4 nitrogen and oxygen atoms in total. The van der Waals surface area contributed by atoms with E-state index in [4.69, 9.17) is 11.6 Å². The number of nitrogens with zero attached hydrogens (tertiary/aromatic N) is 1. The van der Waals surface area contributed by atoms with Gasteiger partial charge in [-0.05, 0) is 31.6 Å². The molecule has 0 spiro atoms.